The first-order chi connectivity index (χ1) is 26.3. The van der Waals surface area contributed by atoms with Gasteiger partial charge in [0.05, 0.1) is 11.4 Å². The van der Waals surface area contributed by atoms with Crippen molar-refractivity contribution in [3.63, 3.8) is 0 Å². The van der Waals surface area contributed by atoms with Crippen LogP contribution in [0.3, 0.4) is 0 Å². The SMILES string of the molecule is Brc1ccnc(-c2cc(Br)ccn2)c1.CC(O)(C(F)(F)F)C(F)(F)F.CC(O)(C(F)(F)F)C(F)(F)F.CCCc1cccc(C)c1[N]=[Mo]=[CH]C(C)(C)C1=CC=CCC1. The first-order valence-electron chi connectivity index (χ1n) is 16.9. The number of alkyl halides is 12. The molecular weight excluding hydrogens is 1010 g/mol. The molecular formula is C38H41Br2F12MoN3O2. The van der Waals surface area contributed by atoms with Crippen molar-refractivity contribution in [3.05, 3.63) is 98.7 Å². The summed E-state index contributed by atoms with van der Waals surface area (Å²) in [5, 5.41) is 15.9. The van der Waals surface area contributed by atoms with E-state index < -0.39 is 53.8 Å². The molecule has 0 saturated heterocycles. The summed E-state index contributed by atoms with van der Waals surface area (Å²) in [5.74, 6) is 0. The van der Waals surface area contributed by atoms with E-state index in [-0.39, 0.29) is 19.3 Å². The van der Waals surface area contributed by atoms with Crippen LogP contribution in [0.2, 0.25) is 0 Å². The van der Waals surface area contributed by atoms with Gasteiger partial charge in [-0.3, -0.25) is 9.97 Å². The number of aliphatic hydroxyl groups is 2. The number of hydrogen-bond acceptors (Lipinski definition) is 5. The van der Waals surface area contributed by atoms with Crippen LogP contribution in [0, 0.1) is 12.3 Å². The van der Waals surface area contributed by atoms with Gasteiger partial charge in [0.25, 0.3) is 11.2 Å². The van der Waals surface area contributed by atoms with E-state index >= 15 is 0 Å². The van der Waals surface area contributed by atoms with Crippen LogP contribution in [0.4, 0.5) is 58.4 Å². The van der Waals surface area contributed by atoms with Crippen molar-refractivity contribution in [1.29, 1.82) is 0 Å². The fourth-order valence-electron chi connectivity index (χ4n) is 4.16. The Labute approximate surface area is 353 Å². The molecule has 3 aromatic rings. The molecule has 0 amide bonds. The molecule has 2 N–H and O–H groups in total. The summed E-state index contributed by atoms with van der Waals surface area (Å²) in [5.41, 5.74) is -1.79. The monoisotopic (exact) mass is 1060 g/mol. The van der Waals surface area contributed by atoms with Crippen molar-refractivity contribution < 1.29 is 80.8 Å². The van der Waals surface area contributed by atoms with Gasteiger partial charge in [-0.25, -0.2) is 0 Å². The number of halogens is 14. The van der Waals surface area contributed by atoms with Crippen LogP contribution in [-0.2, 0) is 24.3 Å². The van der Waals surface area contributed by atoms with Crippen molar-refractivity contribution in [3.8, 4) is 11.4 Å². The van der Waals surface area contributed by atoms with E-state index in [1.807, 2.05) is 24.3 Å². The topological polar surface area (TPSA) is 78.6 Å². The molecule has 0 bridgehead atoms. The molecule has 1 aliphatic rings. The van der Waals surface area contributed by atoms with E-state index in [2.05, 4.69) is 110 Å². The summed E-state index contributed by atoms with van der Waals surface area (Å²) < 4.78 is 146. The van der Waals surface area contributed by atoms with E-state index in [0.29, 0.717) is 0 Å². The van der Waals surface area contributed by atoms with Gasteiger partial charge in [0, 0.05) is 21.3 Å². The number of aromatic nitrogens is 2. The van der Waals surface area contributed by atoms with Gasteiger partial charge in [0.1, 0.15) is 0 Å². The number of nitrogens with zero attached hydrogens (tertiary/aromatic N) is 3. The molecule has 0 radical (unpaired) electrons. The third kappa shape index (κ3) is 16.1. The Morgan fingerprint density at radius 3 is 1.53 bits per heavy atom. The van der Waals surface area contributed by atoms with Crippen LogP contribution in [0.25, 0.3) is 11.4 Å². The zero-order valence-electron chi connectivity index (χ0n) is 31.8. The van der Waals surface area contributed by atoms with Crippen molar-refractivity contribution >= 4 is 41.9 Å². The maximum absolute atomic E-state index is 11.4. The fraction of sp³-hybridized carbons (Fsp3) is 0.447. The minimum absolute atomic E-state index is 0.185. The third-order valence-corrected chi connectivity index (χ3v) is 11.5. The Kier molecular flexibility index (Phi) is 20.1. The average molecular weight is 1060 g/mol. The van der Waals surface area contributed by atoms with Crippen LogP contribution >= 0.6 is 31.9 Å². The van der Waals surface area contributed by atoms with Crippen LogP contribution in [0.15, 0.2) is 91.1 Å². The molecule has 0 fully saturated rings. The van der Waals surface area contributed by atoms with Crippen molar-refractivity contribution in [2.24, 2.45) is 8.91 Å². The van der Waals surface area contributed by atoms with Gasteiger partial charge in [-0.2, -0.15) is 52.7 Å². The minimum atomic E-state index is -5.69. The van der Waals surface area contributed by atoms with Gasteiger partial charge in [-0.1, -0.05) is 31.9 Å². The number of hydrogen-bond donors (Lipinski definition) is 2. The van der Waals surface area contributed by atoms with Crippen molar-refractivity contribution in [2.45, 2.75) is 103 Å². The molecule has 0 saturated carbocycles. The van der Waals surface area contributed by atoms with Crippen LogP contribution in [0.5, 0.6) is 0 Å². The maximum atomic E-state index is 11.4. The van der Waals surface area contributed by atoms with Gasteiger partial charge < -0.3 is 10.2 Å². The van der Waals surface area contributed by atoms with E-state index in [1.54, 1.807) is 18.0 Å². The zero-order chi connectivity index (χ0) is 45.0. The second kappa shape index (κ2) is 21.8. The second-order valence-corrected chi connectivity index (χ2v) is 16.8. The Morgan fingerprint density at radius 1 is 0.741 bits per heavy atom. The summed E-state index contributed by atoms with van der Waals surface area (Å²) >= 11 is 6.32. The first-order valence-corrected chi connectivity index (χ1v) is 20.5. The number of benzene rings is 1. The Bertz CT molecular complexity index is 1800. The molecule has 58 heavy (non-hydrogen) atoms. The zero-order valence-corrected chi connectivity index (χ0v) is 36.9. The van der Waals surface area contributed by atoms with E-state index in [0.717, 1.165) is 26.8 Å². The van der Waals surface area contributed by atoms with E-state index in [1.165, 1.54) is 36.1 Å². The quantitative estimate of drug-likeness (QED) is 0.190. The number of pyridine rings is 2. The predicted molar refractivity (Wildman–Crippen MR) is 202 cm³/mol. The number of allylic oxidation sites excluding steroid dienone is 4. The molecule has 0 unspecified atom stereocenters. The van der Waals surface area contributed by atoms with Gasteiger partial charge in [0.2, 0.25) is 0 Å². The standard InChI is InChI=1S/C10H6Br2N2.C10H13N.C10H14.2C4H4F6O.Mo/c11-7-1-3-13-9(5-7)10-6-8(12)2-4-14-10;1-3-5-9-7-4-6-8(2)10(9)11;1-10(2,3)9-7-5-4-6-8-9;2*1-2(11,3(5,6)7)4(8,9)10;/h1-6H;4,6-7H,3,5H2,1-2H3;1,4-5,7H,6,8H2,2-3H3;2*11H,1H3;. The first kappa shape index (κ1) is 53.4. The molecule has 5 nitrogen and oxygen atoms in total. The molecule has 0 spiro atoms. The predicted octanol–water partition coefficient (Wildman–Crippen LogP) is 13.3. The Hall–Kier alpha value is -2.60. The summed E-state index contributed by atoms with van der Waals surface area (Å²) in [6.45, 7) is 8.41. The van der Waals surface area contributed by atoms with Crippen molar-refractivity contribution in [2.75, 3.05) is 0 Å². The number of aryl methyl sites for hydroxylation is 2. The van der Waals surface area contributed by atoms with Crippen molar-refractivity contribution in [1.82, 2.24) is 9.97 Å². The summed E-state index contributed by atoms with van der Waals surface area (Å²) in [6, 6.07) is 14.2. The second-order valence-electron chi connectivity index (χ2n) is 13.4. The molecule has 4 rings (SSSR count). The molecule has 20 heteroatoms. The Morgan fingerprint density at radius 2 is 1.19 bits per heavy atom. The summed E-state index contributed by atoms with van der Waals surface area (Å²) in [4.78, 5) is 8.48. The van der Waals surface area contributed by atoms with Gasteiger partial charge in [-0.05, 0) is 38.1 Å². The van der Waals surface area contributed by atoms with E-state index in [9.17, 15) is 52.7 Å². The molecule has 0 aliphatic heterocycles. The summed E-state index contributed by atoms with van der Waals surface area (Å²) in [7, 11) is 0. The van der Waals surface area contributed by atoms with Crippen LogP contribution in [0.1, 0.15) is 65.0 Å². The third-order valence-electron chi connectivity index (χ3n) is 8.09. The molecule has 324 valence electrons. The summed E-state index contributed by atoms with van der Waals surface area (Å²) in [6.07, 6.45) is -7.82. The fourth-order valence-corrected chi connectivity index (χ4v) is 6.88. The molecule has 1 aliphatic carbocycles. The van der Waals surface area contributed by atoms with Gasteiger partial charge in [-0.15, -0.1) is 0 Å². The normalized spacial score (nSPS) is 13.7. The van der Waals surface area contributed by atoms with Gasteiger partial charge in [0.15, 0.2) is 0 Å². The van der Waals surface area contributed by atoms with Gasteiger partial charge >= 0.3 is 168 Å². The number of rotatable bonds is 6. The Balaban J connectivity index is 0.000000408. The molecule has 2 heterocycles. The average Bonchev–Trinajstić information content (AvgIpc) is 3.09. The molecule has 1 aromatic carbocycles. The van der Waals surface area contributed by atoms with E-state index in [4.69, 9.17) is 13.7 Å². The van der Waals surface area contributed by atoms with Crippen LogP contribution < -0.4 is 0 Å². The molecule has 2 aromatic heterocycles. The van der Waals surface area contributed by atoms with Crippen LogP contribution in [-0.4, -0.2) is 60.5 Å². The molecule has 0 atom stereocenters.